The highest BCUT2D eigenvalue weighted by molar-refractivity contribution is 6.35. The summed E-state index contributed by atoms with van der Waals surface area (Å²) in [7, 11) is 0. The number of nitrogens with zero attached hydrogens (tertiary/aromatic N) is 2. The lowest BCUT2D eigenvalue weighted by molar-refractivity contribution is 0.127. The predicted molar refractivity (Wildman–Crippen MR) is 104 cm³/mol. The molecule has 0 aliphatic carbocycles. The average Bonchev–Trinajstić information content (AvgIpc) is 3.19. The van der Waals surface area contributed by atoms with E-state index in [-0.39, 0.29) is 5.92 Å². The minimum Gasteiger partial charge on any atom is -0.465 e. The van der Waals surface area contributed by atoms with Crippen LogP contribution in [0.1, 0.15) is 23.5 Å². The molecule has 134 valence electrons. The number of likely N-dealkylation sites (tertiary alicyclic amines) is 1. The molecule has 26 heavy (non-hydrogen) atoms. The molecule has 2 atom stereocenters. The summed E-state index contributed by atoms with van der Waals surface area (Å²) in [4.78, 5) is 15.5. The van der Waals surface area contributed by atoms with Crippen molar-refractivity contribution in [3.05, 3.63) is 51.5 Å². The minimum absolute atomic E-state index is 0.229. The van der Waals surface area contributed by atoms with Crippen molar-refractivity contribution in [2.45, 2.75) is 24.8 Å². The molecule has 3 heterocycles. The number of rotatable bonds is 1. The van der Waals surface area contributed by atoms with E-state index in [1.807, 2.05) is 12.1 Å². The summed E-state index contributed by atoms with van der Waals surface area (Å²) in [5, 5.41) is 10.8. The van der Waals surface area contributed by atoms with Gasteiger partial charge in [-0.3, -0.25) is 0 Å². The fourth-order valence-electron chi connectivity index (χ4n) is 4.89. The number of halogens is 2. The summed E-state index contributed by atoms with van der Waals surface area (Å²) >= 11 is 12.6. The Morgan fingerprint density at radius 3 is 2.81 bits per heavy atom. The highest BCUT2D eigenvalue weighted by atomic mass is 35.5. The second kappa shape index (κ2) is 5.80. The smallest absolute Gasteiger partial charge is 0.407 e. The number of benzene rings is 2. The van der Waals surface area contributed by atoms with Gasteiger partial charge in [-0.15, -0.1) is 0 Å². The molecule has 5 rings (SSSR count). The van der Waals surface area contributed by atoms with E-state index >= 15 is 0 Å². The van der Waals surface area contributed by atoms with Crippen LogP contribution >= 0.6 is 23.2 Å². The Bertz CT molecular complexity index is 930. The van der Waals surface area contributed by atoms with E-state index in [0.29, 0.717) is 29.2 Å². The maximum absolute atomic E-state index is 11.5. The van der Waals surface area contributed by atoms with Crippen molar-refractivity contribution in [1.82, 2.24) is 4.90 Å². The van der Waals surface area contributed by atoms with Crippen molar-refractivity contribution < 1.29 is 9.90 Å². The van der Waals surface area contributed by atoms with Gasteiger partial charge in [-0.25, -0.2) is 4.79 Å². The molecule has 3 aliphatic rings. The summed E-state index contributed by atoms with van der Waals surface area (Å²) in [6.45, 7) is 2.20. The highest BCUT2D eigenvalue weighted by Gasteiger charge is 2.45. The lowest BCUT2D eigenvalue weighted by Gasteiger charge is -2.37. The van der Waals surface area contributed by atoms with Gasteiger partial charge in [-0.1, -0.05) is 23.2 Å². The number of hydrogen-bond acceptors (Lipinski definition) is 2. The van der Waals surface area contributed by atoms with Gasteiger partial charge in [0.2, 0.25) is 0 Å². The van der Waals surface area contributed by atoms with E-state index in [9.17, 15) is 9.90 Å². The third-order valence-corrected chi connectivity index (χ3v) is 6.58. The summed E-state index contributed by atoms with van der Waals surface area (Å²) < 4.78 is 0. The monoisotopic (exact) mass is 388 g/mol. The number of hydrogen-bond donors (Lipinski definition) is 1. The van der Waals surface area contributed by atoms with Crippen LogP contribution in [0.15, 0.2) is 30.3 Å². The van der Waals surface area contributed by atoms with Crippen molar-refractivity contribution in [2.75, 3.05) is 24.5 Å². The van der Waals surface area contributed by atoms with E-state index in [1.54, 1.807) is 11.0 Å². The molecule has 4 nitrogen and oxygen atoms in total. The summed E-state index contributed by atoms with van der Waals surface area (Å²) in [5.41, 5.74) is 5.94. The number of carboxylic acid groups (broad SMARTS) is 1. The van der Waals surface area contributed by atoms with Gasteiger partial charge in [-0.05, 0) is 59.9 Å². The lowest BCUT2D eigenvalue weighted by Crippen LogP contribution is -2.47. The molecule has 2 aromatic carbocycles. The number of fused-ring (bicyclic) bond motifs is 3. The molecule has 1 amide bonds. The average molecular weight is 389 g/mol. The molecule has 1 saturated heterocycles. The topological polar surface area (TPSA) is 43.8 Å². The zero-order chi connectivity index (χ0) is 18.0. The van der Waals surface area contributed by atoms with Crippen LogP contribution in [0.25, 0.3) is 11.1 Å². The first kappa shape index (κ1) is 16.3. The van der Waals surface area contributed by atoms with E-state index in [4.69, 9.17) is 23.2 Å². The summed E-state index contributed by atoms with van der Waals surface area (Å²) in [6.07, 6.45) is 1.09. The molecule has 1 N–H and O–H groups in total. The van der Waals surface area contributed by atoms with Crippen LogP contribution in [-0.2, 0) is 6.42 Å². The number of amides is 1. The van der Waals surface area contributed by atoms with Crippen molar-refractivity contribution in [2.24, 2.45) is 0 Å². The van der Waals surface area contributed by atoms with E-state index < -0.39 is 6.09 Å². The summed E-state index contributed by atoms with van der Waals surface area (Å²) in [6, 6.07) is 10.4. The Labute approximate surface area is 161 Å². The molecule has 2 aromatic rings. The zero-order valence-corrected chi connectivity index (χ0v) is 15.6. The van der Waals surface area contributed by atoms with Crippen LogP contribution in [0.5, 0.6) is 0 Å². The fraction of sp³-hybridized carbons (Fsp3) is 0.350. The largest absolute Gasteiger partial charge is 0.465 e. The number of carbonyl (C=O) groups is 1. The molecule has 1 fully saturated rings. The quantitative estimate of drug-likeness (QED) is 0.757. The summed E-state index contributed by atoms with van der Waals surface area (Å²) in [5.74, 6) is 0.229. The third kappa shape index (κ3) is 2.32. The first-order chi connectivity index (χ1) is 12.5. The van der Waals surface area contributed by atoms with Gasteiger partial charge in [0.15, 0.2) is 0 Å². The van der Waals surface area contributed by atoms with Gasteiger partial charge >= 0.3 is 6.09 Å². The first-order valence-electron chi connectivity index (χ1n) is 8.89. The van der Waals surface area contributed by atoms with E-state index in [2.05, 4.69) is 17.0 Å². The molecular formula is C20H18Cl2N2O2. The second-order valence-corrected chi connectivity index (χ2v) is 8.18. The van der Waals surface area contributed by atoms with E-state index in [0.717, 1.165) is 30.5 Å². The first-order valence-corrected chi connectivity index (χ1v) is 9.65. The molecule has 0 aromatic heterocycles. The molecule has 6 heteroatoms. The third-order valence-electron chi connectivity index (χ3n) is 6.01. The van der Waals surface area contributed by atoms with E-state index in [1.165, 1.54) is 16.8 Å². The number of anilines is 1. The number of piperidine rings is 1. The Balaban J connectivity index is 1.63. The van der Waals surface area contributed by atoms with Gasteiger partial charge in [-0.2, -0.15) is 0 Å². The molecular weight excluding hydrogens is 371 g/mol. The van der Waals surface area contributed by atoms with Crippen LogP contribution in [0.2, 0.25) is 10.0 Å². The van der Waals surface area contributed by atoms with Crippen molar-refractivity contribution in [1.29, 1.82) is 0 Å². The van der Waals surface area contributed by atoms with Crippen LogP contribution in [-0.4, -0.2) is 41.8 Å². The van der Waals surface area contributed by atoms with Gasteiger partial charge < -0.3 is 14.9 Å². The maximum atomic E-state index is 11.5. The minimum atomic E-state index is -0.824. The van der Waals surface area contributed by atoms with Crippen molar-refractivity contribution in [3.63, 3.8) is 0 Å². The SMILES string of the molecule is O=C(O)N1CC[C@H]2[C@@H](C1)c1cc(-c3cc(Cl)ccc3Cl)cc3c1N2CC3. The van der Waals surface area contributed by atoms with Crippen LogP contribution in [0, 0.1) is 0 Å². The van der Waals surface area contributed by atoms with Gasteiger partial charge in [0, 0.05) is 52.9 Å². The standard InChI is InChI=1S/C20H18Cl2N2O2/c21-13-1-2-17(22)14(9-13)12-7-11-3-6-24-18-4-5-23(20(25)26)10-16(18)15(8-12)19(11)24/h1-2,7-9,16,18H,3-6,10H2,(H,25,26)/t16-,18-/m0/s1. The fourth-order valence-corrected chi connectivity index (χ4v) is 5.29. The van der Waals surface area contributed by atoms with Gasteiger partial charge in [0.25, 0.3) is 0 Å². The van der Waals surface area contributed by atoms with Crippen LogP contribution < -0.4 is 4.90 Å². The van der Waals surface area contributed by atoms with Gasteiger partial charge in [0.1, 0.15) is 0 Å². The molecule has 0 radical (unpaired) electrons. The lowest BCUT2D eigenvalue weighted by atomic mass is 9.86. The molecule has 0 saturated carbocycles. The Morgan fingerprint density at radius 2 is 2.00 bits per heavy atom. The Morgan fingerprint density at radius 1 is 1.15 bits per heavy atom. The molecule has 0 spiro atoms. The normalized spacial score (nSPS) is 23.2. The van der Waals surface area contributed by atoms with Crippen LogP contribution in [0.4, 0.5) is 10.5 Å². The van der Waals surface area contributed by atoms with Crippen LogP contribution in [0.3, 0.4) is 0 Å². The molecule has 0 bridgehead atoms. The predicted octanol–water partition coefficient (Wildman–Crippen LogP) is 4.87. The maximum Gasteiger partial charge on any atom is 0.407 e. The second-order valence-electron chi connectivity index (χ2n) is 7.33. The molecule has 0 unspecified atom stereocenters. The zero-order valence-electron chi connectivity index (χ0n) is 14.1. The Kier molecular flexibility index (Phi) is 3.63. The Hall–Kier alpha value is -1.91. The highest BCUT2D eigenvalue weighted by Crippen LogP contribution is 2.51. The van der Waals surface area contributed by atoms with Gasteiger partial charge in [0.05, 0.1) is 0 Å². The molecule has 3 aliphatic heterocycles. The van der Waals surface area contributed by atoms with Crippen molar-refractivity contribution in [3.8, 4) is 11.1 Å². The van der Waals surface area contributed by atoms with Crippen molar-refractivity contribution >= 4 is 35.0 Å².